The van der Waals surface area contributed by atoms with Crippen LogP contribution in [0.4, 0.5) is 4.79 Å². The monoisotopic (exact) mass is 496 g/mol. The summed E-state index contributed by atoms with van der Waals surface area (Å²) in [5.41, 5.74) is 2.34. The van der Waals surface area contributed by atoms with E-state index in [9.17, 15) is 9.59 Å². The molecule has 1 fully saturated rings. The zero-order valence-corrected chi connectivity index (χ0v) is 18.3. The molecule has 7 nitrogen and oxygen atoms in total. The van der Waals surface area contributed by atoms with Crippen molar-refractivity contribution < 1.29 is 35.3 Å². The molecule has 1 heterocycles. The third-order valence-electron chi connectivity index (χ3n) is 5.37. The summed E-state index contributed by atoms with van der Waals surface area (Å²) in [6, 6.07) is 0. The van der Waals surface area contributed by atoms with Gasteiger partial charge < -0.3 is 14.8 Å². The van der Waals surface area contributed by atoms with E-state index in [4.69, 9.17) is 5.33 Å². The molecule has 0 radical (unpaired) electrons. The number of ketones is 1. The second-order valence-electron chi connectivity index (χ2n) is 6.93. The molecular weight excluding hydrogens is 467 g/mol. The third kappa shape index (κ3) is 5.58. The van der Waals surface area contributed by atoms with Crippen LogP contribution in [0.25, 0.3) is 0 Å². The molecule has 0 unspecified atom stereocenters. The molecule has 0 aromatic carbocycles. The molecule has 0 bridgehead atoms. The van der Waals surface area contributed by atoms with Crippen molar-refractivity contribution in [1.82, 2.24) is 20.3 Å². The topological polar surface area (TPSA) is 86.1 Å². The van der Waals surface area contributed by atoms with Crippen molar-refractivity contribution >= 4 is 21.7 Å². The minimum atomic E-state index is -0.466. The number of carbonyl (C=O) groups is 2. The first-order chi connectivity index (χ1) is 13.0. The van der Waals surface area contributed by atoms with Gasteiger partial charge in [-0.25, -0.2) is 9.48 Å². The summed E-state index contributed by atoms with van der Waals surface area (Å²) in [6.45, 7) is 2.91. The van der Waals surface area contributed by atoms with E-state index in [1.807, 2.05) is 4.68 Å². The Morgan fingerprint density at radius 3 is 2.77 bits per heavy atom. The molecule has 0 saturated heterocycles. The summed E-state index contributed by atoms with van der Waals surface area (Å²) in [5, 5.41) is 11.1. The van der Waals surface area contributed by atoms with E-state index in [2.05, 4.69) is 25.4 Å². The quantitative estimate of drug-likeness (QED) is 0.385. The van der Waals surface area contributed by atoms with E-state index < -0.39 is 21.0 Å². The van der Waals surface area contributed by atoms with Crippen LogP contribution in [0, 0.1) is 17.8 Å². The number of fused-ring (bicyclic) bond motifs is 2. The fourth-order valence-corrected chi connectivity index (χ4v) is 3.97. The first-order valence-corrected chi connectivity index (χ1v) is 12.3. The molecule has 0 spiro atoms. The third-order valence-corrected chi connectivity index (χ3v) is 5.37. The standard InChI is InChI=1S/C17H26N4O3.H2IS/c1-11(22)4-3-9-21-16-8-6-13-12(5-7-15(16)19-20-21)14(13)10-24-17(23)18-2;1-2/h12-14H,3-10H2,1-2H3,(H,18,23);1-2H/q;-1/t12-,13+,14-;/m0./s1/i;1D. The molecule has 148 valence electrons. The number of aryl methyl sites for hydroxylation is 2. The van der Waals surface area contributed by atoms with E-state index in [0.29, 0.717) is 30.8 Å². The number of aromatic nitrogens is 3. The number of ether oxygens (including phenoxy) is 1. The normalized spacial score (nSPS) is 24.0. The van der Waals surface area contributed by atoms with E-state index in [-0.39, 0.29) is 11.9 Å². The van der Waals surface area contributed by atoms with Gasteiger partial charge in [0.05, 0.1) is 18.0 Å². The number of thiol groups is 1. The Bertz CT molecular complexity index is 646. The number of halogens is 1. The molecule has 0 aliphatic heterocycles. The van der Waals surface area contributed by atoms with Crippen LogP contribution in [0.5, 0.6) is 0 Å². The molecule has 2 aliphatic rings. The summed E-state index contributed by atoms with van der Waals surface area (Å²) in [5.74, 6) is 2.00. The Kier molecular flexibility index (Phi) is 8.03. The maximum atomic E-state index is 11.2. The molecule has 3 rings (SSSR count). The number of Topliss-reactive ketones (excluding diaryl/α,β-unsaturated/α-hetero) is 1. The zero-order valence-electron chi connectivity index (χ0n) is 16.3. The van der Waals surface area contributed by atoms with Crippen molar-refractivity contribution in [3.63, 3.8) is 0 Å². The van der Waals surface area contributed by atoms with E-state index >= 15 is 0 Å². The number of hydrogen-bond donors (Lipinski definition) is 2. The number of carbonyl (C=O) groups excluding carboxylic acids is 2. The van der Waals surface area contributed by atoms with Gasteiger partial charge in [0.15, 0.2) is 0 Å². The Hall–Kier alpha value is -0.840. The predicted molar refractivity (Wildman–Crippen MR) is 97.8 cm³/mol. The van der Waals surface area contributed by atoms with Gasteiger partial charge in [0.1, 0.15) is 5.78 Å². The summed E-state index contributed by atoms with van der Waals surface area (Å²) < 4.78 is 13.4. The van der Waals surface area contributed by atoms with Crippen LogP contribution >= 0.6 is 9.80 Å². The number of nitrogens with one attached hydrogen (secondary N) is 1. The average molecular weight is 496 g/mol. The first-order valence-electron chi connectivity index (χ1n) is 9.40. The Morgan fingerprint density at radius 2 is 2.12 bits per heavy atom. The molecule has 26 heavy (non-hydrogen) atoms. The molecule has 1 aromatic rings. The van der Waals surface area contributed by atoms with Crippen molar-refractivity contribution in [3.8, 4) is 0 Å². The Labute approximate surface area is 172 Å². The van der Waals surface area contributed by atoms with Crippen LogP contribution in [-0.4, -0.2) is 41.1 Å². The van der Waals surface area contributed by atoms with Gasteiger partial charge >= 0.3 is 37.5 Å². The molecule has 1 N–H and O–H groups in total. The molecule has 9 heteroatoms. The van der Waals surface area contributed by atoms with Crippen molar-refractivity contribution in [2.24, 2.45) is 17.8 Å². The van der Waals surface area contributed by atoms with Gasteiger partial charge in [-0.3, -0.25) is 0 Å². The second-order valence-corrected chi connectivity index (χ2v) is 6.93. The first kappa shape index (κ1) is 19.9. The SMILES string of the molecule is CNC(=O)OC[C@@H]1[C@@H]2CCc3c(nnn3CCCC(C)=O)CC[C@@H]21.[2H][I-]S. The van der Waals surface area contributed by atoms with E-state index in [1.165, 1.54) is 5.69 Å². The van der Waals surface area contributed by atoms with Gasteiger partial charge in [0.25, 0.3) is 0 Å². The summed E-state index contributed by atoms with van der Waals surface area (Å²) in [6.07, 6.45) is 5.17. The molecule has 1 aromatic heterocycles. The van der Waals surface area contributed by atoms with Gasteiger partial charge in [0.2, 0.25) is 0 Å². The number of hydrogen-bond acceptors (Lipinski definition) is 6. The maximum absolute atomic E-state index is 11.2. The fourth-order valence-electron chi connectivity index (χ4n) is 3.97. The van der Waals surface area contributed by atoms with E-state index in [0.717, 1.165) is 44.3 Å². The van der Waals surface area contributed by atoms with Crippen molar-refractivity contribution in [1.29, 1.82) is 0.594 Å². The number of alkyl carbamates (subject to hydrolysis) is 1. The number of amides is 1. The van der Waals surface area contributed by atoms with Crippen LogP contribution < -0.4 is 26.3 Å². The van der Waals surface area contributed by atoms with Crippen molar-refractivity contribution in [3.05, 3.63) is 11.4 Å². The van der Waals surface area contributed by atoms with Gasteiger partial charge in [-0.05, 0) is 56.8 Å². The van der Waals surface area contributed by atoms with Crippen LogP contribution in [0.15, 0.2) is 0 Å². The van der Waals surface area contributed by atoms with Crippen LogP contribution in [-0.2, 0) is 28.9 Å². The minimum absolute atomic E-state index is 0.220. The summed E-state index contributed by atoms with van der Waals surface area (Å²) in [7, 11) is 5.15. The van der Waals surface area contributed by atoms with Gasteiger partial charge in [-0.1, -0.05) is 5.21 Å². The molecular formula is C17H28IN4O3S-. The van der Waals surface area contributed by atoms with Gasteiger partial charge in [-0.2, -0.15) is 0 Å². The zero-order chi connectivity index (χ0) is 19.8. The van der Waals surface area contributed by atoms with Crippen LogP contribution in [0.2, 0.25) is 0 Å². The van der Waals surface area contributed by atoms with E-state index in [1.54, 1.807) is 14.0 Å². The van der Waals surface area contributed by atoms with Gasteiger partial charge in [0, 0.05) is 20.0 Å². The van der Waals surface area contributed by atoms with Crippen LogP contribution in [0.1, 0.15) is 44.0 Å². The van der Waals surface area contributed by atoms with Gasteiger partial charge in [-0.15, -0.1) is 5.10 Å². The van der Waals surface area contributed by atoms with Crippen molar-refractivity contribution in [2.45, 2.75) is 52.0 Å². The predicted octanol–water partition coefficient (Wildman–Crippen LogP) is -1.14. The molecule has 1 saturated carbocycles. The molecule has 2 aliphatic carbocycles. The summed E-state index contributed by atoms with van der Waals surface area (Å²) >= 11 is -0.466. The number of nitrogens with zero attached hydrogens (tertiary/aromatic N) is 3. The summed E-state index contributed by atoms with van der Waals surface area (Å²) in [4.78, 5) is 22.3. The number of rotatable bonds is 6. The Balaban J connectivity index is 0.000000817. The molecule has 1 amide bonds. The van der Waals surface area contributed by atoms with Crippen molar-refractivity contribution in [2.75, 3.05) is 13.7 Å². The molecule has 3 atom stereocenters. The average Bonchev–Trinajstić information content (AvgIpc) is 3.13. The second kappa shape index (κ2) is 10.5. The van der Waals surface area contributed by atoms with Crippen LogP contribution in [0.3, 0.4) is 0 Å². The fraction of sp³-hybridized carbons (Fsp3) is 0.765. The Morgan fingerprint density at radius 1 is 1.42 bits per heavy atom.